The van der Waals surface area contributed by atoms with Gasteiger partial charge >= 0.3 is 6.18 Å². The normalized spacial score (nSPS) is 11.7. The molecule has 0 saturated heterocycles. The number of aryl methyl sites for hydroxylation is 2. The topological polar surface area (TPSA) is 51.8 Å². The minimum atomic E-state index is -4.73. The molecule has 1 heterocycles. The molecule has 0 spiro atoms. The maximum atomic E-state index is 13.5. The molecule has 2 aromatic rings. The number of rotatable bonds is 1. The van der Waals surface area contributed by atoms with Gasteiger partial charge in [-0.2, -0.15) is 13.2 Å². The number of nitrogens with zero attached hydrogens (tertiary/aromatic N) is 2. The van der Waals surface area contributed by atoms with Crippen molar-refractivity contribution in [1.82, 2.24) is 9.97 Å². The molecule has 0 atom stereocenters. The van der Waals surface area contributed by atoms with Crippen LogP contribution in [0.25, 0.3) is 11.3 Å². The van der Waals surface area contributed by atoms with E-state index in [0.717, 1.165) is 12.1 Å². The lowest BCUT2D eigenvalue weighted by molar-refractivity contribution is -0.139. The molecular formula is C13H11F4N3. The highest BCUT2D eigenvalue weighted by molar-refractivity contribution is 5.70. The lowest BCUT2D eigenvalue weighted by atomic mass is 10.1. The Bertz CT molecular complexity index is 665. The molecule has 20 heavy (non-hydrogen) atoms. The van der Waals surface area contributed by atoms with E-state index < -0.39 is 17.6 Å². The molecule has 0 aliphatic heterocycles. The van der Waals surface area contributed by atoms with Crippen molar-refractivity contribution < 1.29 is 17.6 Å². The number of anilines is 1. The first-order chi connectivity index (χ1) is 9.20. The third-order valence-electron chi connectivity index (χ3n) is 2.88. The molecule has 0 amide bonds. The molecule has 0 unspecified atom stereocenters. The first-order valence-corrected chi connectivity index (χ1v) is 5.68. The molecule has 0 aliphatic carbocycles. The van der Waals surface area contributed by atoms with E-state index in [9.17, 15) is 17.6 Å². The van der Waals surface area contributed by atoms with Crippen LogP contribution in [-0.4, -0.2) is 9.97 Å². The quantitative estimate of drug-likeness (QED) is 0.816. The summed E-state index contributed by atoms with van der Waals surface area (Å²) in [5.41, 5.74) is 5.87. The van der Waals surface area contributed by atoms with Crippen molar-refractivity contribution in [2.24, 2.45) is 0 Å². The van der Waals surface area contributed by atoms with Gasteiger partial charge in [-0.05, 0) is 26.0 Å². The highest BCUT2D eigenvalue weighted by Crippen LogP contribution is 2.34. The summed E-state index contributed by atoms with van der Waals surface area (Å²) in [5.74, 6) is -1.32. The fraction of sp³-hybridized carbons (Fsp3) is 0.231. The van der Waals surface area contributed by atoms with Crippen LogP contribution in [0.1, 0.15) is 17.0 Å². The van der Waals surface area contributed by atoms with Crippen molar-refractivity contribution in [1.29, 1.82) is 0 Å². The molecule has 106 valence electrons. The van der Waals surface area contributed by atoms with Crippen molar-refractivity contribution in [3.05, 3.63) is 41.0 Å². The summed E-state index contributed by atoms with van der Waals surface area (Å²) in [7, 11) is 0. The number of aromatic nitrogens is 2. The predicted molar refractivity (Wildman–Crippen MR) is 66.3 cm³/mol. The summed E-state index contributed by atoms with van der Waals surface area (Å²) < 4.78 is 51.0. The van der Waals surface area contributed by atoms with E-state index in [-0.39, 0.29) is 17.1 Å². The van der Waals surface area contributed by atoms with E-state index in [1.807, 2.05) is 0 Å². The van der Waals surface area contributed by atoms with Gasteiger partial charge in [0.05, 0.1) is 17.0 Å². The lowest BCUT2D eigenvalue weighted by Crippen LogP contribution is -2.08. The summed E-state index contributed by atoms with van der Waals surface area (Å²) in [6.07, 6.45) is -4.73. The summed E-state index contributed by atoms with van der Waals surface area (Å²) in [4.78, 5) is 8.16. The van der Waals surface area contributed by atoms with E-state index in [1.54, 1.807) is 13.8 Å². The van der Waals surface area contributed by atoms with Crippen LogP contribution in [-0.2, 0) is 6.18 Å². The van der Waals surface area contributed by atoms with Gasteiger partial charge in [-0.3, -0.25) is 0 Å². The molecule has 2 N–H and O–H groups in total. The maximum absolute atomic E-state index is 13.5. The van der Waals surface area contributed by atoms with Gasteiger partial charge in [0.15, 0.2) is 0 Å². The monoisotopic (exact) mass is 285 g/mol. The fourth-order valence-corrected chi connectivity index (χ4v) is 1.73. The summed E-state index contributed by atoms with van der Waals surface area (Å²) in [6.45, 7) is 3.39. The molecule has 7 heteroatoms. The average Bonchev–Trinajstić information content (AvgIpc) is 2.32. The Morgan fingerprint density at radius 2 is 1.65 bits per heavy atom. The van der Waals surface area contributed by atoms with Crippen LogP contribution in [0.4, 0.5) is 23.4 Å². The second-order valence-corrected chi connectivity index (χ2v) is 4.32. The first-order valence-electron chi connectivity index (χ1n) is 5.68. The average molecular weight is 285 g/mol. The highest BCUT2D eigenvalue weighted by atomic mass is 19.4. The molecule has 0 fully saturated rings. The maximum Gasteiger partial charge on any atom is 0.419 e. The van der Waals surface area contributed by atoms with Crippen LogP contribution in [0, 0.1) is 19.7 Å². The number of hydrogen-bond donors (Lipinski definition) is 1. The van der Waals surface area contributed by atoms with Crippen LogP contribution < -0.4 is 5.73 Å². The zero-order chi connectivity index (χ0) is 15.1. The van der Waals surface area contributed by atoms with Gasteiger partial charge in [0.25, 0.3) is 0 Å². The standard InChI is InChI=1S/C13H11F4N3/c1-6-7(2)20-12(18)11(19-6)8-3-4-9(10(14)5-8)13(15,16)17/h3-5H,1-2H3,(H2,18,20). The van der Waals surface area contributed by atoms with Crippen LogP contribution in [0.3, 0.4) is 0 Å². The van der Waals surface area contributed by atoms with Crippen molar-refractivity contribution in [2.75, 3.05) is 5.73 Å². The Hall–Kier alpha value is -2.18. The number of hydrogen-bond acceptors (Lipinski definition) is 3. The summed E-state index contributed by atoms with van der Waals surface area (Å²) >= 11 is 0. The molecule has 2 rings (SSSR count). The SMILES string of the molecule is Cc1nc(N)c(-c2ccc(C(F)(F)F)c(F)c2)nc1C. The third kappa shape index (κ3) is 2.56. The van der Waals surface area contributed by atoms with Crippen LogP contribution >= 0.6 is 0 Å². The lowest BCUT2D eigenvalue weighted by Gasteiger charge is -2.11. The van der Waals surface area contributed by atoms with Crippen molar-refractivity contribution in [3.8, 4) is 11.3 Å². The molecule has 0 radical (unpaired) electrons. The van der Waals surface area contributed by atoms with Gasteiger partial charge < -0.3 is 5.73 Å². The molecule has 0 saturated carbocycles. The van der Waals surface area contributed by atoms with E-state index in [0.29, 0.717) is 17.5 Å². The Morgan fingerprint density at radius 3 is 2.20 bits per heavy atom. The van der Waals surface area contributed by atoms with Gasteiger partial charge in [0.2, 0.25) is 0 Å². The van der Waals surface area contributed by atoms with Crippen molar-refractivity contribution in [2.45, 2.75) is 20.0 Å². The second-order valence-electron chi connectivity index (χ2n) is 4.32. The zero-order valence-corrected chi connectivity index (χ0v) is 10.7. The summed E-state index contributed by atoms with van der Waals surface area (Å²) in [6, 6.07) is 2.56. The van der Waals surface area contributed by atoms with Crippen LogP contribution in [0.15, 0.2) is 18.2 Å². The number of alkyl halides is 3. The Balaban J connectivity index is 2.55. The Labute approximate surface area is 112 Å². The summed E-state index contributed by atoms with van der Waals surface area (Å²) in [5, 5.41) is 0. The molecular weight excluding hydrogens is 274 g/mol. The van der Waals surface area contributed by atoms with Gasteiger partial charge in [-0.1, -0.05) is 6.07 Å². The minimum absolute atomic E-state index is 0.0484. The number of halogens is 4. The van der Waals surface area contributed by atoms with E-state index in [2.05, 4.69) is 9.97 Å². The zero-order valence-electron chi connectivity index (χ0n) is 10.7. The number of nitrogens with two attached hydrogens (primary N) is 1. The molecule has 0 bridgehead atoms. The molecule has 1 aromatic heterocycles. The highest BCUT2D eigenvalue weighted by Gasteiger charge is 2.34. The third-order valence-corrected chi connectivity index (χ3v) is 2.88. The Morgan fingerprint density at radius 1 is 1.05 bits per heavy atom. The Kier molecular flexibility index (Phi) is 3.37. The molecule has 3 nitrogen and oxygen atoms in total. The van der Waals surface area contributed by atoms with Gasteiger partial charge in [0.1, 0.15) is 17.3 Å². The van der Waals surface area contributed by atoms with E-state index in [1.165, 1.54) is 0 Å². The van der Waals surface area contributed by atoms with E-state index >= 15 is 0 Å². The van der Waals surface area contributed by atoms with Crippen molar-refractivity contribution >= 4 is 5.82 Å². The van der Waals surface area contributed by atoms with E-state index in [4.69, 9.17) is 5.73 Å². The van der Waals surface area contributed by atoms with Crippen LogP contribution in [0.5, 0.6) is 0 Å². The van der Waals surface area contributed by atoms with Gasteiger partial charge in [-0.15, -0.1) is 0 Å². The molecule has 0 aliphatic rings. The largest absolute Gasteiger partial charge is 0.419 e. The molecule has 1 aromatic carbocycles. The minimum Gasteiger partial charge on any atom is -0.382 e. The second kappa shape index (κ2) is 4.73. The van der Waals surface area contributed by atoms with Crippen molar-refractivity contribution in [3.63, 3.8) is 0 Å². The smallest absolute Gasteiger partial charge is 0.382 e. The van der Waals surface area contributed by atoms with Crippen LogP contribution in [0.2, 0.25) is 0 Å². The van der Waals surface area contributed by atoms with Gasteiger partial charge in [0, 0.05) is 5.56 Å². The predicted octanol–water partition coefficient (Wildman–Crippen LogP) is 3.50. The van der Waals surface area contributed by atoms with Gasteiger partial charge in [-0.25, -0.2) is 14.4 Å². The fourth-order valence-electron chi connectivity index (χ4n) is 1.73. The first kappa shape index (κ1) is 14.2. The number of nitrogen functional groups attached to an aromatic ring is 1. The number of benzene rings is 1.